The molecule has 180 valence electrons. The topological polar surface area (TPSA) is 67.9 Å². The number of rotatable bonds is 10. The maximum atomic E-state index is 13.3. The molecule has 3 aromatic carbocycles. The summed E-state index contributed by atoms with van der Waals surface area (Å²) in [5.74, 6) is 0.840. The second-order valence-corrected chi connectivity index (χ2v) is 9.04. The predicted molar refractivity (Wildman–Crippen MR) is 138 cm³/mol. The van der Waals surface area contributed by atoms with Gasteiger partial charge in [0, 0.05) is 12.6 Å². The molecule has 6 nitrogen and oxygen atoms in total. The van der Waals surface area contributed by atoms with Crippen molar-refractivity contribution in [3.05, 3.63) is 70.7 Å². The monoisotopic (exact) mass is 526 g/mol. The van der Waals surface area contributed by atoms with Crippen molar-refractivity contribution >= 4 is 38.5 Å². The highest BCUT2D eigenvalue weighted by Crippen LogP contribution is 2.33. The van der Waals surface area contributed by atoms with Crippen LogP contribution in [0.15, 0.2) is 65.1 Å². The Labute approximate surface area is 209 Å². The number of methoxy groups -OCH3 is 1. The van der Waals surface area contributed by atoms with E-state index in [1.807, 2.05) is 74.5 Å². The third kappa shape index (κ3) is 6.29. The summed E-state index contributed by atoms with van der Waals surface area (Å²) < 4.78 is 11.9. The first-order chi connectivity index (χ1) is 16.3. The molecule has 0 heterocycles. The van der Waals surface area contributed by atoms with Gasteiger partial charge in [-0.2, -0.15) is 0 Å². The summed E-state index contributed by atoms with van der Waals surface area (Å²) in [4.78, 5) is 27.7. The van der Waals surface area contributed by atoms with Gasteiger partial charge in [-0.05, 0) is 70.7 Å². The summed E-state index contributed by atoms with van der Waals surface area (Å²) in [6, 6.07) is 18.6. The van der Waals surface area contributed by atoms with Gasteiger partial charge in [0.05, 0.1) is 11.6 Å². The van der Waals surface area contributed by atoms with Crippen molar-refractivity contribution in [1.29, 1.82) is 0 Å². The van der Waals surface area contributed by atoms with Crippen LogP contribution in [0.25, 0.3) is 10.8 Å². The van der Waals surface area contributed by atoms with Crippen LogP contribution in [0, 0.1) is 0 Å². The van der Waals surface area contributed by atoms with Crippen LogP contribution in [0.5, 0.6) is 11.5 Å². The molecule has 0 saturated heterocycles. The van der Waals surface area contributed by atoms with Gasteiger partial charge in [-0.3, -0.25) is 9.59 Å². The van der Waals surface area contributed by atoms with E-state index in [-0.39, 0.29) is 31.0 Å². The Morgan fingerprint density at radius 3 is 2.41 bits per heavy atom. The van der Waals surface area contributed by atoms with Crippen LogP contribution < -0.4 is 14.8 Å². The Morgan fingerprint density at radius 1 is 1.03 bits per heavy atom. The maximum Gasteiger partial charge on any atom is 0.261 e. The minimum atomic E-state index is -0.660. The van der Waals surface area contributed by atoms with Gasteiger partial charge < -0.3 is 19.7 Å². The summed E-state index contributed by atoms with van der Waals surface area (Å²) in [5.41, 5.74) is 0.893. The van der Waals surface area contributed by atoms with Crippen molar-refractivity contribution in [3.8, 4) is 11.5 Å². The van der Waals surface area contributed by atoms with Crippen LogP contribution >= 0.6 is 15.9 Å². The van der Waals surface area contributed by atoms with E-state index in [0.29, 0.717) is 5.75 Å². The highest BCUT2D eigenvalue weighted by molar-refractivity contribution is 9.10. The molecule has 0 aliphatic carbocycles. The van der Waals surface area contributed by atoms with Gasteiger partial charge in [0.25, 0.3) is 5.91 Å². The summed E-state index contributed by atoms with van der Waals surface area (Å²) in [7, 11) is 1.61. The van der Waals surface area contributed by atoms with Gasteiger partial charge >= 0.3 is 0 Å². The van der Waals surface area contributed by atoms with Gasteiger partial charge in [-0.25, -0.2) is 0 Å². The number of amides is 2. The second-order valence-electron chi connectivity index (χ2n) is 8.25. The van der Waals surface area contributed by atoms with Crippen LogP contribution in [0.3, 0.4) is 0 Å². The van der Waals surface area contributed by atoms with Gasteiger partial charge in [-0.1, -0.05) is 49.4 Å². The molecule has 0 spiro atoms. The first-order valence-electron chi connectivity index (χ1n) is 11.4. The van der Waals surface area contributed by atoms with E-state index in [4.69, 9.17) is 9.47 Å². The van der Waals surface area contributed by atoms with Gasteiger partial charge in [0.2, 0.25) is 5.91 Å². The number of hydrogen-bond donors (Lipinski definition) is 1. The molecule has 2 atom stereocenters. The smallest absolute Gasteiger partial charge is 0.261 e. The SMILES string of the molecule is CCC(C)NC(=O)C(C)N(Cc1ccc(OC)cc1)C(=O)COc1ccc2ccccc2c1Br. The maximum absolute atomic E-state index is 13.3. The average molecular weight is 527 g/mol. The van der Waals surface area contributed by atoms with Crippen LogP contribution in [0.4, 0.5) is 0 Å². The van der Waals surface area contributed by atoms with E-state index in [9.17, 15) is 9.59 Å². The number of carbonyl (C=O) groups excluding carboxylic acids is 2. The largest absolute Gasteiger partial charge is 0.497 e. The third-order valence-electron chi connectivity index (χ3n) is 5.86. The number of nitrogens with one attached hydrogen (secondary N) is 1. The lowest BCUT2D eigenvalue weighted by atomic mass is 10.1. The number of hydrogen-bond acceptors (Lipinski definition) is 4. The summed E-state index contributed by atoms with van der Waals surface area (Å²) >= 11 is 3.60. The van der Waals surface area contributed by atoms with E-state index in [1.54, 1.807) is 18.9 Å². The molecule has 0 radical (unpaired) electrons. The molecule has 7 heteroatoms. The Kier molecular flexibility index (Phi) is 8.93. The van der Waals surface area contributed by atoms with Gasteiger partial charge in [0.1, 0.15) is 17.5 Å². The zero-order chi connectivity index (χ0) is 24.7. The van der Waals surface area contributed by atoms with Crippen LogP contribution in [0.2, 0.25) is 0 Å². The Bertz CT molecular complexity index is 1130. The summed E-state index contributed by atoms with van der Waals surface area (Å²) in [6.07, 6.45) is 0.810. The fourth-order valence-electron chi connectivity index (χ4n) is 3.52. The molecule has 0 bridgehead atoms. The van der Waals surface area contributed by atoms with E-state index in [0.717, 1.165) is 33.0 Å². The Morgan fingerprint density at radius 2 is 1.74 bits per heavy atom. The number of ether oxygens (including phenoxy) is 2. The van der Waals surface area contributed by atoms with E-state index in [2.05, 4.69) is 21.2 Å². The first kappa shape index (κ1) is 25.6. The molecule has 2 unspecified atom stereocenters. The fourth-order valence-corrected chi connectivity index (χ4v) is 4.13. The lowest BCUT2D eigenvalue weighted by Crippen LogP contribution is -2.50. The Balaban J connectivity index is 1.78. The lowest BCUT2D eigenvalue weighted by Gasteiger charge is -2.29. The molecule has 3 rings (SSSR count). The molecule has 0 aliphatic rings. The highest BCUT2D eigenvalue weighted by Gasteiger charge is 2.27. The number of carbonyl (C=O) groups is 2. The molecule has 0 aliphatic heterocycles. The quantitative estimate of drug-likeness (QED) is 0.388. The number of halogens is 1. The number of fused-ring (bicyclic) bond motifs is 1. The van der Waals surface area contributed by atoms with Crippen molar-refractivity contribution in [2.24, 2.45) is 0 Å². The van der Waals surface area contributed by atoms with Gasteiger partial charge in [-0.15, -0.1) is 0 Å². The zero-order valence-electron chi connectivity index (χ0n) is 20.0. The first-order valence-corrected chi connectivity index (χ1v) is 12.2. The minimum absolute atomic E-state index is 0.0256. The molecule has 0 aromatic heterocycles. The normalized spacial score (nSPS) is 12.6. The molecule has 0 fully saturated rings. The average Bonchev–Trinajstić information content (AvgIpc) is 2.86. The van der Waals surface area contributed by atoms with Crippen molar-refractivity contribution in [2.75, 3.05) is 13.7 Å². The molecule has 1 N–H and O–H groups in total. The molecule has 34 heavy (non-hydrogen) atoms. The summed E-state index contributed by atoms with van der Waals surface area (Å²) in [6.45, 7) is 5.78. The van der Waals surface area contributed by atoms with Crippen LogP contribution in [-0.2, 0) is 16.1 Å². The van der Waals surface area contributed by atoms with E-state index < -0.39 is 6.04 Å². The zero-order valence-corrected chi connectivity index (χ0v) is 21.6. The third-order valence-corrected chi connectivity index (χ3v) is 6.68. The Hall–Kier alpha value is -3.06. The molecular formula is C27H31BrN2O4. The van der Waals surface area contributed by atoms with Crippen molar-refractivity contribution < 1.29 is 19.1 Å². The number of nitrogens with zero attached hydrogens (tertiary/aromatic N) is 1. The van der Waals surface area contributed by atoms with Crippen LogP contribution in [0.1, 0.15) is 32.8 Å². The predicted octanol–water partition coefficient (Wildman–Crippen LogP) is 5.32. The van der Waals surface area contributed by atoms with Crippen LogP contribution in [-0.4, -0.2) is 42.5 Å². The van der Waals surface area contributed by atoms with Crippen molar-refractivity contribution in [3.63, 3.8) is 0 Å². The van der Waals surface area contributed by atoms with E-state index in [1.165, 1.54) is 0 Å². The highest BCUT2D eigenvalue weighted by atomic mass is 79.9. The fraction of sp³-hybridized carbons (Fsp3) is 0.333. The molecule has 3 aromatic rings. The number of benzene rings is 3. The van der Waals surface area contributed by atoms with Crippen molar-refractivity contribution in [2.45, 2.75) is 45.8 Å². The molecule has 2 amide bonds. The molecular weight excluding hydrogens is 496 g/mol. The molecule has 0 saturated carbocycles. The lowest BCUT2D eigenvalue weighted by molar-refractivity contribution is -0.142. The van der Waals surface area contributed by atoms with Gasteiger partial charge in [0.15, 0.2) is 6.61 Å². The van der Waals surface area contributed by atoms with Crippen molar-refractivity contribution in [1.82, 2.24) is 10.2 Å². The minimum Gasteiger partial charge on any atom is -0.497 e. The second kappa shape index (κ2) is 11.9. The summed E-state index contributed by atoms with van der Waals surface area (Å²) in [5, 5.41) is 5.05. The standard InChI is InChI=1S/C27H31BrN2O4/c1-5-18(2)29-27(32)19(3)30(16-20-10-13-22(33-4)14-11-20)25(31)17-34-24-15-12-21-8-6-7-9-23(21)26(24)28/h6-15,18-19H,5,16-17H2,1-4H3,(H,29,32). The van der Waals surface area contributed by atoms with E-state index >= 15 is 0 Å².